The molecule has 0 N–H and O–H groups in total. The molecular weight excluding hydrogens is 156 g/mol. The molecule has 3 heteroatoms. The van der Waals surface area contributed by atoms with Crippen LogP contribution in [0.4, 0.5) is 0 Å². The predicted molar refractivity (Wildman–Crippen MR) is 44.8 cm³/mol. The highest BCUT2D eigenvalue weighted by Gasteiger charge is 2.17. The summed E-state index contributed by atoms with van der Waals surface area (Å²) in [6.07, 6.45) is 4.31. The molecule has 1 rings (SSSR count). The lowest BCUT2D eigenvalue weighted by Crippen LogP contribution is -2.28. The van der Waals surface area contributed by atoms with Gasteiger partial charge < -0.3 is 14.3 Å². The molecule has 0 aliphatic carbocycles. The first-order valence-corrected chi connectivity index (χ1v) is 4.59. The van der Waals surface area contributed by atoms with Gasteiger partial charge in [-0.15, -0.1) is 0 Å². The summed E-state index contributed by atoms with van der Waals surface area (Å²) in [5.41, 5.74) is 0. The minimum atomic E-state index is -0.284. The Bertz CT molecular complexity index is 130. The third-order valence-electron chi connectivity index (χ3n) is 2.02. The fraction of sp³-hybridized carbons (Fsp3) is 0.889. The minimum absolute atomic E-state index is 0.145. The van der Waals surface area contributed by atoms with Crippen molar-refractivity contribution in [3.63, 3.8) is 0 Å². The van der Waals surface area contributed by atoms with Gasteiger partial charge >= 0.3 is 0 Å². The predicted octanol–water partition coefficient (Wildman–Crippen LogP) is 1.51. The van der Waals surface area contributed by atoms with Gasteiger partial charge in [0.1, 0.15) is 12.4 Å². The van der Waals surface area contributed by atoms with Crippen LogP contribution in [0.25, 0.3) is 0 Å². The molecule has 0 amide bonds. The number of carbonyl (C=O) groups is 1. The highest BCUT2D eigenvalue weighted by atomic mass is 16.7. The first kappa shape index (κ1) is 9.68. The Balaban J connectivity index is 2.22. The summed E-state index contributed by atoms with van der Waals surface area (Å²) in [6, 6.07) is 0. The number of hydrogen-bond donors (Lipinski definition) is 0. The van der Waals surface area contributed by atoms with Crippen LogP contribution in [0.15, 0.2) is 0 Å². The second-order valence-corrected chi connectivity index (χ2v) is 3.01. The second-order valence-electron chi connectivity index (χ2n) is 3.01. The molecule has 0 saturated carbocycles. The van der Waals surface area contributed by atoms with Crippen LogP contribution in [0.3, 0.4) is 0 Å². The van der Waals surface area contributed by atoms with Gasteiger partial charge in [-0.1, -0.05) is 6.92 Å². The molecule has 0 aromatic heterocycles. The topological polar surface area (TPSA) is 35.5 Å². The van der Waals surface area contributed by atoms with Crippen LogP contribution in [0.1, 0.15) is 32.6 Å². The Morgan fingerprint density at radius 1 is 1.67 bits per heavy atom. The molecule has 3 nitrogen and oxygen atoms in total. The SMILES string of the molecule is CC[C@H](C=O)OC1CCCCO1. The molecule has 0 aromatic rings. The molecular formula is C9H16O3. The Kier molecular flexibility index (Phi) is 4.25. The Morgan fingerprint density at radius 2 is 2.50 bits per heavy atom. The van der Waals surface area contributed by atoms with E-state index in [-0.39, 0.29) is 12.4 Å². The summed E-state index contributed by atoms with van der Waals surface area (Å²) in [4.78, 5) is 10.4. The molecule has 70 valence electrons. The average molecular weight is 172 g/mol. The number of rotatable bonds is 4. The van der Waals surface area contributed by atoms with Crippen molar-refractivity contribution in [2.24, 2.45) is 0 Å². The van der Waals surface area contributed by atoms with E-state index in [1.54, 1.807) is 0 Å². The van der Waals surface area contributed by atoms with Crippen LogP contribution in [-0.4, -0.2) is 25.3 Å². The Hall–Kier alpha value is -0.410. The maximum atomic E-state index is 10.4. The lowest BCUT2D eigenvalue weighted by Gasteiger charge is -2.24. The molecule has 0 spiro atoms. The van der Waals surface area contributed by atoms with Crippen molar-refractivity contribution in [1.29, 1.82) is 0 Å². The van der Waals surface area contributed by atoms with E-state index in [1.807, 2.05) is 6.92 Å². The zero-order valence-electron chi connectivity index (χ0n) is 7.49. The van der Waals surface area contributed by atoms with E-state index in [0.29, 0.717) is 0 Å². The lowest BCUT2D eigenvalue weighted by molar-refractivity contribution is -0.186. The van der Waals surface area contributed by atoms with Gasteiger partial charge in [0.15, 0.2) is 6.29 Å². The highest BCUT2D eigenvalue weighted by Crippen LogP contribution is 2.15. The summed E-state index contributed by atoms with van der Waals surface area (Å²) in [6.45, 7) is 2.70. The highest BCUT2D eigenvalue weighted by molar-refractivity contribution is 5.55. The van der Waals surface area contributed by atoms with E-state index in [4.69, 9.17) is 9.47 Å². The van der Waals surface area contributed by atoms with Gasteiger partial charge in [-0.3, -0.25) is 0 Å². The van der Waals surface area contributed by atoms with Crippen molar-refractivity contribution >= 4 is 6.29 Å². The van der Waals surface area contributed by atoms with Gasteiger partial charge in [-0.2, -0.15) is 0 Å². The van der Waals surface area contributed by atoms with E-state index >= 15 is 0 Å². The average Bonchev–Trinajstić information content (AvgIpc) is 2.16. The fourth-order valence-corrected chi connectivity index (χ4v) is 1.24. The molecule has 1 aliphatic heterocycles. The van der Waals surface area contributed by atoms with Gasteiger partial charge in [0.2, 0.25) is 0 Å². The quantitative estimate of drug-likeness (QED) is 0.603. The maximum Gasteiger partial charge on any atom is 0.158 e. The normalized spacial score (nSPS) is 26.6. The van der Waals surface area contributed by atoms with Gasteiger partial charge in [0.05, 0.1) is 0 Å². The van der Waals surface area contributed by atoms with Crippen LogP contribution in [0.5, 0.6) is 0 Å². The van der Waals surface area contributed by atoms with Crippen molar-refractivity contribution in [3.8, 4) is 0 Å². The molecule has 1 heterocycles. The van der Waals surface area contributed by atoms with Gasteiger partial charge in [-0.25, -0.2) is 0 Å². The van der Waals surface area contributed by atoms with Crippen LogP contribution < -0.4 is 0 Å². The van der Waals surface area contributed by atoms with Gasteiger partial charge in [0, 0.05) is 6.61 Å². The van der Waals surface area contributed by atoms with E-state index in [2.05, 4.69) is 0 Å². The van der Waals surface area contributed by atoms with Crippen molar-refractivity contribution in [2.45, 2.75) is 45.0 Å². The van der Waals surface area contributed by atoms with Gasteiger partial charge in [-0.05, 0) is 25.7 Å². The molecule has 1 saturated heterocycles. The zero-order valence-corrected chi connectivity index (χ0v) is 7.49. The second kappa shape index (κ2) is 5.27. The number of ether oxygens (including phenoxy) is 2. The first-order valence-electron chi connectivity index (χ1n) is 4.59. The van der Waals surface area contributed by atoms with Crippen LogP contribution >= 0.6 is 0 Å². The fourth-order valence-electron chi connectivity index (χ4n) is 1.24. The van der Waals surface area contributed by atoms with Crippen molar-refractivity contribution in [2.75, 3.05) is 6.61 Å². The zero-order chi connectivity index (χ0) is 8.81. The van der Waals surface area contributed by atoms with Crippen molar-refractivity contribution < 1.29 is 14.3 Å². The number of aldehydes is 1. The summed E-state index contributed by atoms with van der Waals surface area (Å²) in [7, 11) is 0. The largest absolute Gasteiger partial charge is 0.353 e. The molecule has 1 aliphatic rings. The van der Waals surface area contributed by atoms with E-state index < -0.39 is 0 Å². The smallest absolute Gasteiger partial charge is 0.158 e. The number of hydrogen-bond acceptors (Lipinski definition) is 3. The summed E-state index contributed by atoms with van der Waals surface area (Å²) in [5.74, 6) is 0. The van der Waals surface area contributed by atoms with Crippen molar-refractivity contribution in [3.05, 3.63) is 0 Å². The summed E-state index contributed by atoms with van der Waals surface area (Å²) < 4.78 is 10.7. The Labute approximate surface area is 73.0 Å². The van der Waals surface area contributed by atoms with E-state index in [1.165, 1.54) is 0 Å². The molecule has 2 atom stereocenters. The minimum Gasteiger partial charge on any atom is -0.353 e. The molecule has 0 aromatic carbocycles. The van der Waals surface area contributed by atoms with Crippen molar-refractivity contribution in [1.82, 2.24) is 0 Å². The Morgan fingerprint density at radius 3 is 3.00 bits per heavy atom. The maximum absolute atomic E-state index is 10.4. The van der Waals surface area contributed by atoms with Crippen LogP contribution in [0.2, 0.25) is 0 Å². The van der Waals surface area contributed by atoms with Gasteiger partial charge in [0.25, 0.3) is 0 Å². The third kappa shape index (κ3) is 2.91. The first-order chi connectivity index (χ1) is 5.86. The molecule has 12 heavy (non-hydrogen) atoms. The van der Waals surface area contributed by atoms with Crippen LogP contribution in [-0.2, 0) is 14.3 Å². The van der Waals surface area contributed by atoms with E-state index in [0.717, 1.165) is 38.6 Å². The van der Waals surface area contributed by atoms with Crippen LogP contribution in [0, 0.1) is 0 Å². The molecule has 1 unspecified atom stereocenters. The molecule has 1 fully saturated rings. The number of carbonyl (C=O) groups excluding carboxylic acids is 1. The lowest BCUT2D eigenvalue weighted by atomic mass is 10.2. The molecule has 0 bridgehead atoms. The standard InChI is InChI=1S/C9H16O3/c1-2-8(7-10)12-9-5-3-4-6-11-9/h7-9H,2-6H2,1H3/t8-,9?/m1/s1. The third-order valence-corrected chi connectivity index (χ3v) is 2.02. The molecule has 0 radical (unpaired) electrons. The summed E-state index contributed by atoms with van der Waals surface area (Å²) >= 11 is 0. The van der Waals surface area contributed by atoms with E-state index in [9.17, 15) is 4.79 Å². The summed E-state index contributed by atoms with van der Waals surface area (Å²) in [5, 5.41) is 0. The monoisotopic (exact) mass is 172 g/mol.